The van der Waals surface area contributed by atoms with Gasteiger partial charge in [0.15, 0.2) is 0 Å². The molecule has 0 radical (unpaired) electrons. The highest BCUT2D eigenvalue weighted by Gasteiger charge is 2.43. The lowest BCUT2D eigenvalue weighted by molar-refractivity contribution is 0.0533. The molecule has 1 heterocycles. The third-order valence-electron chi connectivity index (χ3n) is 6.13. The van der Waals surface area contributed by atoms with Crippen molar-refractivity contribution in [2.45, 2.75) is 84.4 Å². The zero-order valence-corrected chi connectivity index (χ0v) is 20.0. The summed E-state index contributed by atoms with van der Waals surface area (Å²) < 4.78 is 18.2. The molecule has 26 heavy (non-hydrogen) atoms. The second-order valence-corrected chi connectivity index (χ2v) is 19.7. The standard InChI is InChI=1S/C20H34O4Si2/c1-19(2,3)25(7,8)23-15-11-12-16(17-14(15)13-22-18(17)21)24-26(9,10)20(4,5)6/h11-12H,13H2,1-10H3. The highest BCUT2D eigenvalue weighted by Crippen LogP contribution is 2.44. The summed E-state index contributed by atoms with van der Waals surface area (Å²) in [5, 5.41) is 0.137. The van der Waals surface area contributed by atoms with E-state index in [1.807, 2.05) is 12.1 Å². The van der Waals surface area contributed by atoms with Crippen LogP contribution < -0.4 is 8.85 Å². The van der Waals surface area contributed by atoms with Gasteiger partial charge in [-0.25, -0.2) is 4.79 Å². The fourth-order valence-corrected chi connectivity index (χ4v) is 4.29. The number of carbonyl (C=O) groups is 1. The van der Waals surface area contributed by atoms with E-state index in [-0.39, 0.29) is 22.7 Å². The Morgan fingerprint density at radius 1 is 0.846 bits per heavy atom. The van der Waals surface area contributed by atoms with Crippen molar-refractivity contribution in [1.82, 2.24) is 0 Å². The average Bonchev–Trinajstić information content (AvgIpc) is 2.81. The predicted molar refractivity (Wildman–Crippen MR) is 111 cm³/mol. The van der Waals surface area contributed by atoms with Crippen LogP contribution in [0.1, 0.15) is 57.5 Å². The van der Waals surface area contributed by atoms with Crippen molar-refractivity contribution in [2.75, 3.05) is 0 Å². The first kappa shape index (κ1) is 21.0. The van der Waals surface area contributed by atoms with Gasteiger partial charge >= 0.3 is 5.97 Å². The van der Waals surface area contributed by atoms with Crippen molar-refractivity contribution in [3.63, 3.8) is 0 Å². The van der Waals surface area contributed by atoms with Crippen molar-refractivity contribution < 1.29 is 18.4 Å². The molecule has 0 spiro atoms. The first-order chi connectivity index (χ1) is 11.6. The van der Waals surface area contributed by atoms with E-state index in [1.165, 1.54) is 0 Å². The van der Waals surface area contributed by atoms with E-state index in [1.54, 1.807) is 0 Å². The zero-order valence-electron chi connectivity index (χ0n) is 18.0. The normalized spacial score (nSPS) is 15.5. The van der Waals surface area contributed by atoms with Gasteiger partial charge in [-0.1, -0.05) is 41.5 Å². The summed E-state index contributed by atoms with van der Waals surface area (Å²) in [7, 11) is -4.06. The van der Waals surface area contributed by atoms with Crippen molar-refractivity contribution in [3.8, 4) is 11.5 Å². The Morgan fingerprint density at radius 3 is 1.73 bits per heavy atom. The number of ether oxygens (including phenoxy) is 1. The lowest BCUT2D eigenvalue weighted by Gasteiger charge is -2.38. The predicted octanol–water partition coefficient (Wildman–Crippen LogP) is 6.13. The molecule has 0 saturated heterocycles. The molecule has 0 fully saturated rings. The molecule has 146 valence electrons. The smallest absolute Gasteiger partial charge is 0.342 e. The Balaban J connectivity index is 2.46. The van der Waals surface area contributed by atoms with Gasteiger partial charge in [-0.3, -0.25) is 0 Å². The van der Waals surface area contributed by atoms with Crippen LogP contribution in [0.5, 0.6) is 11.5 Å². The molecule has 6 heteroatoms. The van der Waals surface area contributed by atoms with E-state index in [0.717, 1.165) is 11.3 Å². The molecule has 0 aromatic heterocycles. The second-order valence-electron chi connectivity index (χ2n) is 10.2. The van der Waals surface area contributed by atoms with Gasteiger partial charge in [0.05, 0.1) is 0 Å². The molecule has 1 aliphatic rings. The van der Waals surface area contributed by atoms with Crippen LogP contribution in [0, 0.1) is 0 Å². The molecule has 4 nitrogen and oxygen atoms in total. The van der Waals surface area contributed by atoms with Crippen LogP contribution in [0.15, 0.2) is 12.1 Å². The minimum Gasteiger partial charge on any atom is -0.543 e. The summed E-state index contributed by atoms with van der Waals surface area (Å²) in [6.07, 6.45) is 0. The number of fused-ring (bicyclic) bond motifs is 1. The lowest BCUT2D eigenvalue weighted by Crippen LogP contribution is -2.44. The van der Waals surface area contributed by atoms with E-state index < -0.39 is 16.6 Å². The van der Waals surface area contributed by atoms with E-state index in [2.05, 4.69) is 67.7 Å². The second kappa shape index (κ2) is 6.41. The molecule has 0 N–H and O–H groups in total. The Labute approximate surface area is 160 Å². The third kappa shape index (κ3) is 3.86. The maximum absolute atomic E-state index is 12.4. The Kier molecular flexibility index (Phi) is 5.18. The van der Waals surface area contributed by atoms with Crippen molar-refractivity contribution in [3.05, 3.63) is 23.3 Å². The number of hydrogen-bond donors (Lipinski definition) is 0. The van der Waals surface area contributed by atoms with Crippen LogP contribution in [-0.4, -0.2) is 22.6 Å². The number of rotatable bonds is 4. The maximum Gasteiger partial charge on any atom is 0.342 e. The summed E-state index contributed by atoms with van der Waals surface area (Å²) in [5.41, 5.74) is 1.38. The topological polar surface area (TPSA) is 44.8 Å². The van der Waals surface area contributed by atoms with Crippen molar-refractivity contribution in [1.29, 1.82) is 0 Å². The summed E-state index contributed by atoms with van der Waals surface area (Å²) in [6.45, 7) is 22.2. The molecule has 0 aliphatic carbocycles. The third-order valence-corrected chi connectivity index (χ3v) is 14.8. The largest absolute Gasteiger partial charge is 0.543 e. The summed E-state index contributed by atoms with van der Waals surface area (Å²) in [5.74, 6) is 1.09. The summed E-state index contributed by atoms with van der Waals surface area (Å²) >= 11 is 0. The fraction of sp³-hybridized carbons (Fsp3) is 0.650. The SMILES string of the molecule is CC(C)(C)[Si](C)(C)Oc1ccc(O[Si](C)(C)C(C)(C)C)c2c1COC2=O. The molecular weight excluding hydrogens is 360 g/mol. The van der Waals surface area contributed by atoms with Crippen LogP contribution in [-0.2, 0) is 11.3 Å². The summed E-state index contributed by atoms with van der Waals surface area (Å²) in [4.78, 5) is 12.4. The van der Waals surface area contributed by atoms with Crippen LogP contribution >= 0.6 is 0 Å². The van der Waals surface area contributed by atoms with Gasteiger partial charge in [0.2, 0.25) is 8.32 Å². The van der Waals surface area contributed by atoms with Crippen molar-refractivity contribution >= 4 is 22.6 Å². The highest BCUT2D eigenvalue weighted by molar-refractivity contribution is 6.75. The number of cyclic esters (lactones) is 1. The highest BCUT2D eigenvalue weighted by atomic mass is 28.4. The van der Waals surface area contributed by atoms with Crippen LogP contribution in [0.2, 0.25) is 36.3 Å². The Hall–Kier alpha value is -1.28. The van der Waals surface area contributed by atoms with Crippen LogP contribution in [0.3, 0.4) is 0 Å². The van der Waals surface area contributed by atoms with Gasteiger partial charge in [-0.15, -0.1) is 0 Å². The van der Waals surface area contributed by atoms with Crippen LogP contribution in [0.4, 0.5) is 0 Å². The minimum atomic E-state index is -2.05. The molecule has 0 amide bonds. The van der Waals surface area contributed by atoms with Gasteiger partial charge in [0, 0.05) is 5.56 Å². The molecule has 1 aliphatic heterocycles. The Morgan fingerprint density at radius 2 is 1.27 bits per heavy atom. The fourth-order valence-electron chi connectivity index (χ4n) is 2.22. The molecule has 0 saturated carbocycles. The van der Waals surface area contributed by atoms with Crippen molar-refractivity contribution in [2.24, 2.45) is 0 Å². The van der Waals surface area contributed by atoms with E-state index in [0.29, 0.717) is 11.3 Å². The van der Waals surface area contributed by atoms with Gasteiger partial charge in [0.25, 0.3) is 8.32 Å². The number of hydrogen-bond acceptors (Lipinski definition) is 4. The van der Waals surface area contributed by atoms with E-state index in [4.69, 9.17) is 13.6 Å². The molecule has 1 aromatic rings. The molecule has 1 aromatic carbocycles. The van der Waals surface area contributed by atoms with Gasteiger partial charge in [0.1, 0.15) is 23.7 Å². The molecule has 0 bridgehead atoms. The first-order valence-electron chi connectivity index (χ1n) is 9.28. The molecule has 0 unspecified atom stereocenters. The Bertz CT molecular complexity index is 710. The average molecular weight is 395 g/mol. The maximum atomic E-state index is 12.4. The van der Waals surface area contributed by atoms with Gasteiger partial charge in [-0.05, 0) is 48.4 Å². The van der Waals surface area contributed by atoms with Gasteiger partial charge < -0.3 is 13.6 Å². The quantitative estimate of drug-likeness (QED) is 0.455. The van der Waals surface area contributed by atoms with Crippen LogP contribution in [0.25, 0.3) is 0 Å². The lowest BCUT2D eigenvalue weighted by atomic mass is 10.1. The van der Waals surface area contributed by atoms with E-state index in [9.17, 15) is 4.79 Å². The number of benzene rings is 1. The first-order valence-corrected chi connectivity index (χ1v) is 15.1. The molecular formula is C20H34O4Si2. The molecule has 2 rings (SSSR count). The minimum absolute atomic E-state index is 0.0543. The number of carbonyl (C=O) groups excluding carboxylic acids is 1. The van der Waals surface area contributed by atoms with Gasteiger partial charge in [-0.2, -0.15) is 0 Å². The monoisotopic (exact) mass is 394 g/mol. The summed E-state index contributed by atoms with van der Waals surface area (Å²) in [6, 6.07) is 3.83. The van der Waals surface area contributed by atoms with E-state index >= 15 is 0 Å². The zero-order chi connectivity index (χ0) is 20.1. The number of esters is 1. The molecule has 0 atom stereocenters.